The van der Waals surface area contributed by atoms with E-state index in [1.54, 1.807) is 12.3 Å². The van der Waals surface area contributed by atoms with Crippen molar-refractivity contribution in [1.82, 2.24) is 4.98 Å². The first kappa shape index (κ1) is 10.7. The molecule has 80 valence electrons. The van der Waals surface area contributed by atoms with Crippen LogP contribution in [-0.4, -0.2) is 15.2 Å². The maximum Gasteiger partial charge on any atom is 0.231 e. The van der Waals surface area contributed by atoms with Crippen molar-refractivity contribution in [2.45, 2.75) is 17.7 Å². The third kappa shape index (κ3) is 2.41. The highest BCUT2D eigenvalue weighted by molar-refractivity contribution is 6.52. The molecule has 0 saturated heterocycles. The van der Waals surface area contributed by atoms with Gasteiger partial charge in [0.2, 0.25) is 5.91 Å². The Labute approximate surface area is 97.8 Å². The van der Waals surface area contributed by atoms with E-state index in [1.807, 2.05) is 13.0 Å². The Morgan fingerprint density at radius 3 is 2.73 bits per heavy atom. The van der Waals surface area contributed by atoms with Crippen LogP contribution in [-0.2, 0) is 4.79 Å². The molecule has 0 radical (unpaired) electrons. The Kier molecular flexibility index (Phi) is 2.61. The van der Waals surface area contributed by atoms with E-state index in [1.165, 1.54) is 0 Å². The van der Waals surface area contributed by atoms with Gasteiger partial charge in [-0.1, -0.05) is 6.07 Å². The van der Waals surface area contributed by atoms with Crippen molar-refractivity contribution < 1.29 is 4.79 Å². The number of carbonyl (C=O) groups is 1. The average molecular weight is 245 g/mol. The SMILES string of the molecule is Cc1ccc(NC(=O)C2CC2(Cl)Cl)nc1. The Bertz CT molecular complexity index is 389. The summed E-state index contributed by atoms with van der Waals surface area (Å²) in [4.78, 5) is 15.6. The van der Waals surface area contributed by atoms with Crippen LogP contribution in [0.2, 0.25) is 0 Å². The number of aryl methyl sites for hydroxylation is 1. The van der Waals surface area contributed by atoms with Crippen molar-refractivity contribution in [1.29, 1.82) is 0 Å². The predicted octanol–water partition coefficient (Wildman–Crippen LogP) is 2.52. The number of aromatic nitrogens is 1. The molecule has 1 aliphatic carbocycles. The maximum absolute atomic E-state index is 11.6. The standard InChI is InChI=1S/C10H10Cl2N2O/c1-6-2-3-8(13-5-6)14-9(15)7-4-10(7,11)12/h2-3,5,7H,4H2,1H3,(H,13,14,15). The van der Waals surface area contributed by atoms with Gasteiger partial charge in [-0.15, -0.1) is 23.2 Å². The first-order valence-corrected chi connectivity index (χ1v) is 5.36. The molecule has 1 amide bonds. The number of alkyl halides is 2. The van der Waals surface area contributed by atoms with Crippen LogP contribution in [0.1, 0.15) is 12.0 Å². The van der Waals surface area contributed by atoms with E-state index < -0.39 is 4.33 Å². The summed E-state index contributed by atoms with van der Waals surface area (Å²) in [6.07, 6.45) is 2.20. The number of nitrogens with zero attached hydrogens (tertiary/aromatic N) is 1. The molecular formula is C10H10Cl2N2O. The second-order valence-corrected chi connectivity index (χ2v) is 5.27. The third-order valence-electron chi connectivity index (χ3n) is 2.31. The molecule has 1 N–H and O–H groups in total. The van der Waals surface area contributed by atoms with Crippen LogP contribution < -0.4 is 5.32 Å². The van der Waals surface area contributed by atoms with Gasteiger partial charge in [0.15, 0.2) is 0 Å². The molecule has 1 saturated carbocycles. The van der Waals surface area contributed by atoms with E-state index in [4.69, 9.17) is 23.2 Å². The van der Waals surface area contributed by atoms with Gasteiger partial charge in [0.05, 0.1) is 5.92 Å². The largest absolute Gasteiger partial charge is 0.310 e. The summed E-state index contributed by atoms with van der Waals surface area (Å²) in [6, 6.07) is 3.63. The number of anilines is 1. The molecule has 0 bridgehead atoms. The minimum atomic E-state index is -0.880. The second-order valence-electron chi connectivity index (χ2n) is 3.73. The lowest BCUT2D eigenvalue weighted by atomic mass is 10.3. The van der Waals surface area contributed by atoms with Crippen LogP contribution in [0, 0.1) is 12.8 Å². The van der Waals surface area contributed by atoms with Crippen molar-refractivity contribution in [3.05, 3.63) is 23.9 Å². The number of rotatable bonds is 2. The van der Waals surface area contributed by atoms with E-state index >= 15 is 0 Å². The summed E-state index contributed by atoms with van der Waals surface area (Å²) in [5, 5.41) is 2.67. The zero-order chi connectivity index (χ0) is 11.1. The van der Waals surface area contributed by atoms with Gasteiger partial charge in [-0.05, 0) is 25.0 Å². The smallest absolute Gasteiger partial charge is 0.231 e. The molecule has 1 unspecified atom stereocenters. The van der Waals surface area contributed by atoms with Gasteiger partial charge >= 0.3 is 0 Å². The fourth-order valence-corrected chi connectivity index (χ4v) is 1.76. The number of amides is 1. The molecule has 5 heteroatoms. The molecule has 1 aromatic rings. The van der Waals surface area contributed by atoms with Gasteiger partial charge < -0.3 is 5.32 Å². The Balaban J connectivity index is 1.98. The first-order valence-electron chi connectivity index (χ1n) is 4.60. The Morgan fingerprint density at radius 1 is 1.60 bits per heavy atom. The number of carbonyl (C=O) groups excluding carboxylic acids is 1. The van der Waals surface area contributed by atoms with Crippen LogP contribution in [0.5, 0.6) is 0 Å². The summed E-state index contributed by atoms with van der Waals surface area (Å²) in [6.45, 7) is 1.93. The molecule has 0 aromatic carbocycles. The van der Waals surface area contributed by atoms with Gasteiger partial charge in [-0.3, -0.25) is 4.79 Å². The van der Waals surface area contributed by atoms with E-state index in [2.05, 4.69) is 10.3 Å². The van der Waals surface area contributed by atoms with Crippen LogP contribution in [0.15, 0.2) is 18.3 Å². The second kappa shape index (κ2) is 3.65. The van der Waals surface area contributed by atoms with E-state index in [0.717, 1.165) is 5.56 Å². The summed E-state index contributed by atoms with van der Waals surface area (Å²) in [5.41, 5.74) is 1.04. The zero-order valence-electron chi connectivity index (χ0n) is 8.13. The molecule has 1 heterocycles. The number of hydrogen-bond donors (Lipinski definition) is 1. The lowest BCUT2D eigenvalue weighted by Crippen LogP contribution is -2.17. The summed E-state index contributed by atoms with van der Waals surface area (Å²) in [5.74, 6) is 0.0434. The summed E-state index contributed by atoms with van der Waals surface area (Å²) in [7, 11) is 0. The average Bonchev–Trinajstić information content (AvgIpc) is 2.79. The van der Waals surface area contributed by atoms with Crippen LogP contribution in [0.3, 0.4) is 0 Å². The van der Waals surface area contributed by atoms with E-state index in [0.29, 0.717) is 12.2 Å². The van der Waals surface area contributed by atoms with E-state index in [-0.39, 0.29) is 11.8 Å². The monoisotopic (exact) mass is 244 g/mol. The minimum absolute atomic E-state index is 0.170. The molecule has 1 atom stereocenters. The van der Waals surface area contributed by atoms with Crippen molar-refractivity contribution in [2.24, 2.45) is 5.92 Å². The molecule has 1 aliphatic rings. The van der Waals surface area contributed by atoms with Crippen molar-refractivity contribution in [2.75, 3.05) is 5.32 Å². The third-order valence-corrected chi connectivity index (χ3v) is 3.14. The molecule has 0 spiro atoms. The molecular weight excluding hydrogens is 235 g/mol. The van der Waals surface area contributed by atoms with Crippen molar-refractivity contribution >= 4 is 34.9 Å². The lowest BCUT2D eigenvalue weighted by molar-refractivity contribution is -0.117. The van der Waals surface area contributed by atoms with Gasteiger partial charge in [0.1, 0.15) is 10.2 Å². The van der Waals surface area contributed by atoms with Gasteiger partial charge in [-0.2, -0.15) is 0 Å². The molecule has 0 aliphatic heterocycles. The topological polar surface area (TPSA) is 42.0 Å². The highest BCUT2D eigenvalue weighted by Gasteiger charge is 2.56. The number of nitrogens with one attached hydrogen (secondary N) is 1. The van der Waals surface area contributed by atoms with Crippen LogP contribution >= 0.6 is 23.2 Å². The highest BCUT2D eigenvalue weighted by atomic mass is 35.5. The summed E-state index contributed by atoms with van der Waals surface area (Å²) < 4.78 is -0.880. The number of halogens is 2. The molecule has 15 heavy (non-hydrogen) atoms. The Morgan fingerprint density at radius 2 is 2.27 bits per heavy atom. The molecule has 1 fully saturated rings. The lowest BCUT2D eigenvalue weighted by Gasteiger charge is -2.04. The van der Waals surface area contributed by atoms with E-state index in [9.17, 15) is 4.79 Å². The highest BCUT2D eigenvalue weighted by Crippen LogP contribution is 2.53. The molecule has 1 aromatic heterocycles. The van der Waals surface area contributed by atoms with Crippen molar-refractivity contribution in [3.63, 3.8) is 0 Å². The molecule has 3 nitrogen and oxygen atoms in total. The van der Waals surface area contributed by atoms with Crippen LogP contribution in [0.25, 0.3) is 0 Å². The zero-order valence-corrected chi connectivity index (χ0v) is 9.64. The maximum atomic E-state index is 11.6. The minimum Gasteiger partial charge on any atom is -0.310 e. The number of hydrogen-bond acceptors (Lipinski definition) is 2. The van der Waals surface area contributed by atoms with Crippen LogP contribution in [0.4, 0.5) is 5.82 Å². The van der Waals surface area contributed by atoms with Gasteiger partial charge in [0, 0.05) is 6.20 Å². The fourth-order valence-electron chi connectivity index (χ4n) is 1.25. The van der Waals surface area contributed by atoms with Crippen molar-refractivity contribution in [3.8, 4) is 0 Å². The normalized spacial score (nSPS) is 22.2. The summed E-state index contributed by atoms with van der Waals surface area (Å²) >= 11 is 11.6. The Hall–Kier alpha value is -0.800. The quantitative estimate of drug-likeness (QED) is 0.813. The molecule has 2 rings (SSSR count). The first-order chi connectivity index (χ1) is 6.99. The van der Waals surface area contributed by atoms with Gasteiger partial charge in [0.25, 0.3) is 0 Å². The predicted molar refractivity (Wildman–Crippen MR) is 60.1 cm³/mol. The fraction of sp³-hybridized carbons (Fsp3) is 0.400. The van der Waals surface area contributed by atoms with Gasteiger partial charge in [-0.25, -0.2) is 4.98 Å². The number of pyridine rings is 1.